The van der Waals surface area contributed by atoms with Gasteiger partial charge in [-0.2, -0.15) is 0 Å². The quantitative estimate of drug-likeness (QED) is 0.522. The van der Waals surface area contributed by atoms with Crippen LogP contribution in [0.2, 0.25) is 0 Å². The van der Waals surface area contributed by atoms with Crippen molar-refractivity contribution in [2.75, 3.05) is 49.7 Å². The van der Waals surface area contributed by atoms with E-state index in [2.05, 4.69) is 29.4 Å². The minimum atomic E-state index is -0.793. The Balaban J connectivity index is 1.46. The van der Waals surface area contributed by atoms with E-state index in [1.807, 2.05) is 61.5 Å². The lowest BCUT2D eigenvalue weighted by Gasteiger charge is -2.43. The van der Waals surface area contributed by atoms with Crippen LogP contribution < -0.4 is 20.3 Å². The molecule has 2 aliphatic heterocycles. The van der Waals surface area contributed by atoms with E-state index in [0.717, 1.165) is 12.1 Å². The zero-order valence-corrected chi connectivity index (χ0v) is 22.6. The third-order valence-corrected chi connectivity index (χ3v) is 7.57. The highest BCUT2D eigenvalue weighted by Gasteiger charge is 2.54. The van der Waals surface area contributed by atoms with E-state index in [1.165, 1.54) is 0 Å². The van der Waals surface area contributed by atoms with Crippen molar-refractivity contribution in [2.24, 2.45) is 5.92 Å². The number of carbonyl (C=O) groups is 3. The van der Waals surface area contributed by atoms with Gasteiger partial charge in [0, 0.05) is 25.3 Å². The molecular formula is C29H39N5O4. The first-order valence-electron chi connectivity index (χ1n) is 13.5. The Morgan fingerprint density at radius 1 is 1.03 bits per heavy atom. The van der Waals surface area contributed by atoms with E-state index >= 15 is 0 Å². The maximum Gasteiger partial charge on any atom is 0.321 e. The SMILES string of the molecule is CCOc1ccccc1NC(=O)N1CCC2(CC1)C(=O)N(CC(=O)NCC(C)CC)CN2c1ccccc1. The molecule has 4 rings (SSSR count). The minimum absolute atomic E-state index is 0.0266. The molecule has 0 radical (unpaired) electrons. The van der Waals surface area contributed by atoms with E-state index in [-0.39, 0.29) is 24.4 Å². The van der Waals surface area contributed by atoms with E-state index in [9.17, 15) is 14.4 Å². The van der Waals surface area contributed by atoms with Gasteiger partial charge in [-0.15, -0.1) is 0 Å². The summed E-state index contributed by atoms with van der Waals surface area (Å²) in [7, 11) is 0. The average molecular weight is 522 g/mol. The van der Waals surface area contributed by atoms with Crippen LogP contribution in [0.25, 0.3) is 0 Å². The molecule has 2 fully saturated rings. The van der Waals surface area contributed by atoms with Gasteiger partial charge in [0.25, 0.3) is 5.91 Å². The monoisotopic (exact) mass is 521 g/mol. The molecule has 0 aliphatic carbocycles. The normalized spacial score (nSPS) is 17.4. The predicted molar refractivity (Wildman–Crippen MR) is 148 cm³/mol. The van der Waals surface area contributed by atoms with Gasteiger partial charge in [-0.25, -0.2) is 4.79 Å². The molecule has 2 saturated heterocycles. The second kappa shape index (κ2) is 12.2. The van der Waals surface area contributed by atoms with Crippen LogP contribution >= 0.6 is 0 Å². The van der Waals surface area contributed by atoms with Gasteiger partial charge < -0.3 is 30.1 Å². The van der Waals surface area contributed by atoms with Gasteiger partial charge in [-0.3, -0.25) is 9.59 Å². The fourth-order valence-electron chi connectivity index (χ4n) is 5.11. The summed E-state index contributed by atoms with van der Waals surface area (Å²) in [6.07, 6.45) is 1.94. The molecule has 204 valence electrons. The van der Waals surface area contributed by atoms with Crippen LogP contribution in [0.5, 0.6) is 5.75 Å². The molecule has 9 nitrogen and oxygen atoms in total. The fourth-order valence-corrected chi connectivity index (χ4v) is 5.11. The summed E-state index contributed by atoms with van der Waals surface area (Å²) < 4.78 is 5.64. The summed E-state index contributed by atoms with van der Waals surface area (Å²) in [4.78, 5) is 45.1. The first-order valence-corrected chi connectivity index (χ1v) is 13.5. The standard InChI is InChI=1S/C29H39N5O4/c1-4-22(3)19-30-26(35)20-33-21-34(23-11-7-6-8-12-23)29(27(33)36)15-17-32(18-16-29)28(37)31-24-13-9-10-14-25(24)38-5-2/h6-14,22H,4-5,15-21H2,1-3H3,(H,30,35)(H,31,37). The Bertz CT molecular complexity index is 1120. The zero-order chi connectivity index (χ0) is 27.1. The molecule has 2 heterocycles. The van der Waals surface area contributed by atoms with Crippen LogP contribution in [0.3, 0.4) is 0 Å². The van der Waals surface area contributed by atoms with Crippen molar-refractivity contribution in [3.8, 4) is 5.75 Å². The van der Waals surface area contributed by atoms with Gasteiger partial charge in [0.2, 0.25) is 5.91 Å². The lowest BCUT2D eigenvalue weighted by Crippen LogP contribution is -2.58. The van der Waals surface area contributed by atoms with Gasteiger partial charge in [0.1, 0.15) is 17.8 Å². The van der Waals surface area contributed by atoms with Gasteiger partial charge in [0.05, 0.1) is 19.0 Å². The largest absolute Gasteiger partial charge is 0.492 e. The predicted octanol–water partition coefficient (Wildman–Crippen LogP) is 3.92. The number of piperidine rings is 1. The summed E-state index contributed by atoms with van der Waals surface area (Å²) in [5.74, 6) is 0.812. The molecule has 1 unspecified atom stereocenters. The number of nitrogens with zero attached hydrogens (tertiary/aromatic N) is 3. The van der Waals surface area contributed by atoms with Crippen molar-refractivity contribution in [1.82, 2.24) is 15.1 Å². The van der Waals surface area contributed by atoms with Gasteiger partial charge >= 0.3 is 6.03 Å². The molecule has 0 aromatic heterocycles. The van der Waals surface area contributed by atoms with Crippen molar-refractivity contribution >= 4 is 29.2 Å². The van der Waals surface area contributed by atoms with Crippen LogP contribution in [0.15, 0.2) is 54.6 Å². The van der Waals surface area contributed by atoms with Crippen molar-refractivity contribution < 1.29 is 19.1 Å². The Morgan fingerprint density at radius 2 is 1.71 bits per heavy atom. The number of benzene rings is 2. The van der Waals surface area contributed by atoms with Crippen molar-refractivity contribution in [3.63, 3.8) is 0 Å². The smallest absolute Gasteiger partial charge is 0.321 e. The number of amides is 4. The molecule has 2 N–H and O–H groups in total. The van der Waals surface area contributed by atoms with E-state index in [4.69, 9.17) is 4.74 Å². The summed E-state index contributed by atoms with van der Waals surface area (Å²) in [6, 6.07) is 17.0. The number of likely N-dealkylation sites (tertiary alicyclic amines) is 1. The van der Waals surface area contributed by atoms with E-state index in [1.54, 1.807) is 9.80 Å². The van der Waals surface area contributed by atoms with Crippen LogP contribution in [0, 0.1) is 5.92 Å². The van der Waals surface area contributed by atoms with Crippen LogP contribution in [-0.2, 0) is 9.59 Å². The molecule has 38 heavy (non-hydrogen) atoms. The summed E-state index contributed by atoms with van der Waals surface area (Å²) >= 11 is 0. The third-order valence-electron chi connectivity index (χ3n) is 7.57. The Morgan fingerprint density at radius 3 is 2.39 bits per heavy atom. The van der Waals surface area contributed by atoms with Crippen LogP contribution in [0.1, 0.15) is 40.0 Å². The molecule has 2 aromatic rings. The van der Waals surface area contributed by atoms with Crippen LogP contribution in [0.4, 0.5) is 16.2 Å². The van der Waals surface area contributed by atoms with E-state index in [0.29, 0.717) is 63.1 Å². The lowest BCUT2D eigenvalue weighted by molar-refractivity contribution is -0.137. The number of urea groups is 1. The van der Waals surface area contributed by atoms with Crippen molar-refractivity contribution in [1.29, 1.82) is 0 Å². The molecule has 0 saturated carbocycles. The zero-order valence-electron chi connectivity index (χ0n) is 22.6. The molecular weight excluding hydrogens is 482 g/mol. The van der Waals surface area contributed by atoms with Crippen molar-refractivity contribution in [2.45, 2.75) is 45.6 Å². The van der Waals surface area contributed by atoms with E-state index < -0.39 is 5.54 Å². The second-order valence-corrected chi connectivity index (χ2v) is 10.1. The number of para-hydroxylation sites is 3. The Labute approximate surface area is 225 Å². The molecule has 1 atom stereocenters. The first kappa shape index (κ1) is 27.3. The topological polar surface area (TPSA) is 94.2 Å². The number of rotatable bonds is 9. The fraction of sp³-hybridized carbons (Fsp3) is 0.483. The number of nitrogens with one attached hydrogen (secondary N) is 2. The highest BCUT2D eigenvalue weighted by molar-refractivity contribution is 5.97. The Hall–Kier alpha value is -3.75. The van der Waals surface area contributed by atoms with Gasteiger partial charge in [-0.1, -0.05) is 50.6 Å². The number of carbonyl (C=O) groups excluding carboxylic acids is 3. The minimum Gasteiger partial charge on any atom is -0.492 e. The molecule has 9 heteroatoms. The number of ether oxygens (including phenoxy) is 1. The molecule has 4 amide bonds. The first-order chi connectivity index (χ1) is 18.4. The maximum absolute atomic E-state index is 13.8. The van der Waals surface area contributed by atoms with Gasteiger partial charge in [-0.05, 0) is 49.9 Å². The average Bonchev–Trinajstić information content (AvgIpc) is 3.19. The Kier molecular flexibility index (Phi) is 8.76. The summed E-state index contributed by atoms with van der Waals surface area (Å²) in [5, 5.41) is 5.92. The number of hydrogen-bond acceptors (Lipinski definition) is 5. The molecule has 0 bridgehead atoms. The van der Waals surface area contributed by atoms with Crippen molar-refractivity contribution in [3.05, 3.63) is 54.6 Å². The molecule has 1 spiro atoms. The van der Waals surface area contributed by atoms with Gasteiger partial charge in [0.15, 0.2) is 0 Å². The third kappa shape index (κ3) is 5.87. The molecule has 2 aromatic carbocycles. The highest BCUT2D eigenvalue weighted by atomic mass is 16.5. The maximum atomic E-state index is 13.8. The lowest BCUT2D eigenvalue weighted by atomic mass is 9.85. The molecule has 2 aliphatic rings. The highest BCUT2D eigenvalue weighted by Crippen LogP contribution is 2.39. The second-order valence-electron chi connectivity index (χ2n) is 10.1. The summed E-state index contributed by atoms with van der Waals surface area (Å²) in [6.45, 7) is 8.39. The number of hydrogen-bond donors (Lipinski definition) is 2. The van der Waals surface area contributed by atoms with Crippen LogP contribution in [-0.4, -0.2) is 72.6 Å². The number of anilines is 2. The summed E-state index contributed by atoms with van der Waals surface area (Å²) in [5.41, 5.74) is 0.766.